The van der Waals surface area contributed by atoms with Gasteiger partial charge >= 0.3 is 18.0 Å². The molecule has 8 heteroatoms. The van der Waals surface area contributed by atoms with Crippen LogP contribution < -0.4 is 10.6 Å². The van der Waals surface area contributed by atoms with E-state index in [9.17, 15) is 14.4 Å². The summed E-state index contributed by atoms with van der Waals surface area (Å²) >= 11 is 0. The number of ether oxygens (including phenoxy) is 1. The zero-order valence-electron chi connectivity index (χ0n) is 10.4. The Balaban J connectivity index is 2.37. The van der Waals surface area contributed by atoms with Crippen molar-refractivity contribution in [3.05, 3.63) is 0 Å². The van der Waals surface area contributed by atoms with E-state index < -0.39 is 24.0 Å². The molecule has 108 valence electrons. The van der Waals surface area contributed by atoms with Gasteiger partial charge in [-0.1, -0.05) is 0 Å². The van der Waals surface area contributed by atoms with E-state index in [4.69, 9.17) is 14.9 Å². The van der Waals surface area contributed by atoms with E-state index in [2.05, 4.69) is 10.6 Å². The molecular weight excluding hydrogens is 256 g/mol. The SMILES string of the molecule is O=C(O)CCC(NC(=O)NC1CCCOC1)C(=O)O. The molecule has 0 aliphatic carbocycles. The molecule has 1 saturated heterocycles. The molecule has 1 fully saturated rings. The van der Waals surface area contributed by atoms with Gasteiger partial charge in [-0.05, 0) is 19.3 Å². The second-order valence-electron chi connectivity index (χ2n) is 4.36. The monoisotopic (exact) mass is 274 g/mol. The minimum atomic E-state index is -1.25. The van der Waals surface area contributed by atoms with Crippen molar-refractivity contribution in [3.63, 3.8) is 0 Å². The summed E-state index contributed by atoms with van der Waals surface area (Å²) in [6.45, 7) is 1.07. The molecule has 8 nitrogen and oxygen atoms in total. The van der Waals surface area contributed by atoms with Crippen molar-refractivity contribution < 1.29 is 29.3 Å². The van der Waals surface area contributed by atoms with Crippen LogP contribution in [0.4, 0.5) is 4.79 Å². The summed E-state index contributed by atoms with van der Waals surface area (Å²) in [5.41, 5.74) is 0. The lowest BCUT2D eigenvalue weighted by molar-refractivity contribution is -0.140. The molecular formula is C11H18N2O6. The number of carbonyl (C=O) groups is 3. The van der Waals surface area contributed by atoms with E-state index in [-0.39, 0.29) is 18.9 Å². The van der Waals surface area contributed by atoms with Crippen LogP contribution in [0.2, 0.25) is 0 Å². The van der Waals surface area contributed by atoms with E-state index >= 15 is 0 Å². The van der Waals surface area contributed by atoms with Crippen molar-refractivity contribution in [2.45, 2.75) is 37.8 Å². The van der Waals surface area contributed by atoms with Crippen molar-refractivity contribution in [1.82, 2.24) is 10.6 Å². The number of aliphatic carboxylic acids is 2. The summed E-state index contributed by atoms with van der Waals surface area (Å²) in [5, 5.41) is 22.2. The largest absolute Gasteiger partial charge is 0.481 e. The molecule has 1 aliphatic heterocycles. The molecule has 0 radical (unpaired) electrons. The highest BCUT2D eigenvalue weighted by Gasteiger charge is 2.23. The molecule has 1 heterocycles. The minimum Gasteiger partial charge on any atom is -0.481 e. The average molecular weight is 274 g/mol. The predicted molar refractivity (Wildman–Crippen MR) is 63.8 cm³/mol. The summed E-state index contributed by atoms with van der Waals surface area (Å²) < 4.78 is 5.18. The Bertz CT molecular complexity index is 340. The second kappa shape index (κ2) is 7.57. The Hall–Kier alpha value is -1.83. The molecule has 0 aromatic rings. The standard InChI is InChI=1S/C11H18N2O6/c14-9(15)4-3-8(10(16)17)13-11(18)12-7-2-1-5-19-6-7/h7-8H,1-6H2,(H,14,15)(H,16,17)(H2,12,13,18). The normalized spacial score (nSPS) is 20.3. The maximum absolute atomic E-state index is 11.6. The Kier molecular flexibility index (Phi) is 6.07. The van der Waals surface area contributed by atoms with Crippen molar-refractivity contribution in [3.8, 4) is 0 Å². The summed E-state index contributed by atoms with van der Waals surface area (Å²) in [6.07, 6.45) is 1.15. The Morgan fingerprint density at radius 3 is 2.58 bits per heavy atom. The molecule has 2 atom stereocenters. The highest BCUT2D eigenvalue weighted by Crippen LogP contribution is 2.05. The molecule has 4 N–H and O–H groups in total. The van der Waals surface area contributed by atoms with Gasteiger partial charge in [-0.3, -0.25) is 4.79 Å². The van der Waals surface area contributed by atoms with Crippen LogP contribution in [0.15, 0.2) is 0 Å². The van der Waals surface area contributed by atoms with E-state index in [1.165, 1.54) is 0 Å². The lowest BCUT2D eigenvalue weighted by atomic mass is 10.1. The van der Waals surface area contributed by atoms with Gasteiger partial charge in [0.15, 0.2) is 0 Å². The topological polar surface area (TPSA) is 125 Å². The molecule has 1 aliphatic rings. The number of carboxylic acids is 2. The summed E-state index contributed by atoms with van der Waals surface area (Å²) in [5.74, 6) is -2.36. The number of urea groups is 1. The number of rotatable bonds is 6. The van der Waals surface area contributed by atoms with Gasteiger partial charge in [-0.2, -0.15) is 0 Å². The van der Waals surface area contributed by atoms with Crippen molar-refractivity contribution in [1.29, 1.82) is 0 Å². The first-order chi connectivity index (χ1) is 8.99. The molecule has 2 amide bonds. The number of nitrogens with one attached hydrogen (secondary N) is 2. The maximum atomic E-state index is 11.6. The van der Waals surface area contributed by atoms with Gasteiger partial charge in [0.25, 0.3) is 0 Å². The van der Waals surface area contributed by atoms with Crippen LogP contribution in [0.5, 0.6) is 0 Å². The second-order valence-corrected chi connectivity index (χ2v) is 4.36. The molecule has 2 unspecified atom stereocenters. The van der Waals surface area contributed by atoms with Gasteiger partial charge in [0.2, 0.25) is 0 Å². The fourth-order valence-corrected chi connectivity index (χ4v) is 1.77. The van der Waals surface area contributed by atoms with Crippen molar-refractivity contribution in [2.75, 3.05) is 13.2 Å². The van der Waals surface area contributed by atoms with Crippen LogP contribution in [0.3, 0.4) is 0 Å². The third-order valence-corrected chi connectivity index (χ3v) is 2.75. The van der Waals surface area contributed by atoms with Crippen LogP contribution in [-0.2, 0) is 14.3 Å². The molecule has 1 rings (SSSR count). The summed E-state index contributed by atoms with van der Waals surface area (Å²) in [4.78, 5) is 32.9. The predicted octanol–water partition coefficient (Wildman–Crippen LogP) is -0.217. The summed E-state index contributed by atoms with van der Waals surface area (Å²) in [7, 11) is 0. The van der Waals surface area contributed by atoms with Gasteiger partial charge in [-0.15, -0.1) is 0 Å². The molecule has 0 bridgehead atoms. The number of amides is 2. The van der Waals surface area contributed by atoms with E-state index in [1.807, 2.05) is 0 Å². The lowest BCUT2D eigenvalue weighted by Gasteiger charge is -2.24. The van der Waals surface area contributed by atoms with Crippen LogP contribution in [-0.4, -0.2) is 53.5 Å². The van der Waals surface area contributed by atoms with Gasteiger partial charge in [0, 0.05) is 13.0 Å². The average Bonchev–Trinajstić information content (AvgIpc) is 2.35. The highest BCUT2D eigenvalue weighted by molar-refractivity contribution is 5.83. The van der Waals surface area contributed by atoms with Crippen molar-refractivity contribution >= 4 is 18.0 Å². The number of hydrogen-bond acceptors (Lipinski definition) is 4. The maximum Gasteiger partial charge on any atom is 0.326 e. The Labute approximate surface area is 110 Å². The quantitative estimate of drug-likeness (QED) is 0.531. The van der Waals surface area contributed by atoms with Crippen LogP contribution in [0.25, 0.3) is 0 Å². The number of hydrogen-bond donors (Lipinski definition) is 4. The number of carboxylic acid groups (broad SMARTS) is 2. The van der Waals surface area contributed by atoms with Crippen LogP contribution in [0.1, 0.15) is 25.7 Å². The highest BCUT2D eigenvalue weighted by atomic mass is 16.5. The van der Waals surface area contributed by atoms with E-state index in [0.29, 0.717) is 13.2 Å². The fourth-order valence-electron chi connectivity index (χ4n) is 1.77. The van der Waals surface area contributed by atoms with Crippen LogP contribution >= 0.6 is 0 Å². The Morgan fingerprint density at radius 2 is 2.05 bits per heavy atom. The van der Waals surface area contributed by atoms with E-state index in [1.54, 1.807) is 0 Å². The molecule has 0 saturated carbocycles. The smallest absolute Gasteiger partial charge is 0.326 e. The number of carbonyl (C=O) groups excluding carboxylic acids is 1. The zero-order chi connectivity index (χ0) is 14.3. The van der Waals surface area contributed by atoms with Gasteiger partial charge in [-0.25, -0.2) is 9.59 Å². The lowest BCUT2D eigenvalue weighted by Crippen LogP contribution is -2.50. The van der Waals surface area contributed by atoms with Crippen molar-refractivity contribution in [2.24, 2.45) is 0 Å². The molecule has 19 heavy (non-hydrogen) atoms. The summed E-state index contributed by atoms with van der Waals surface area (Å²) in [6, 6.07) is -1.96. The first-order valence-corrected chi connectivity index (χ1v) is 6.08. The first kappa shape index (κ1) is 15.2. The van der Waals surface area contributed by atoms with E-state index in [0.717, 1.165) is 12.8 Å². The van der Waals surface area contributed by atoms with Gasteiger partial charge < -0.3 is 25.6 Å². The minimum absolute atomic E-state index is 0.136. The molecule has 0 spiro atoms. The van der Waals surface area contributed by atoms with Gasteiger partial charge in [0.05, 0.1) is 12.6 Å². The fraction of sp³-hybridized carbons (Fsp3) is 0.727. The molecule has 0 aromatic heterocycles. The first-order valence-electron chi connectivity index (χ1n) is 6.08. The zero-order valence-corrected chi connectivity index (χ0v) is 10.4. The van der Waals surface area contributed by atoms with Gasteiger partial charge in [0.1, 0.15) is 6.04 Å². The third kappa shape index (κ3) is 6.05. The molecule has 0 aromatic carbocycles. The Morgan fingerprint density at radius 1 is 1.32 bits per heavy atom. The van der Waals surface area contributed by atoms with Crippen LogP contribution in [0, 0.1) is 0 Å². The third-order valence-electron chi connectivity index (χ3n) is 2.75.